The van der Waals surface area contributed by atoms with Crippen molar-refractivity contribution in [2.45, 2.75) is 25.8 Å². The van der Waals surface area contributed by atoms with Crippen molar-refractivity contribution in [1.29, 1.82) is 0 Å². The topological polar surface area (TPSA) is 32.3 Å². The molecule has 0 radical (unpaired) electrons. The lowest BCUT2D eigenvalue weighted by atomic mass is 10.2. The minimum atomic E-state index is 0.160. The Morgan fingerprint density at radius 2 is 2.24 bits per heavy atom. The van der Waals surface area contributed by atoms with Gasteiger partial charge in [0.1, 0.15) is 0 Å². The van der Waals surface area contributed by atoms with Gasteiger partial charge in [0.05, 0.1) is 6.54 Å². The van der Waals surface area contributed by atoms with Crippen LogP contribution in [0.4, 0.5) is 5.69 Å². The van der Waals surface area contributed by atoms with E-state index in [1.807, 2.05) is 37.1 Å². The number of halogens is 1. The largest absolute Gasteiger partial charge is 0.376 e. The molecular weight excluding hydrogens is 280 g/mol. The Morgan fingerprint density at radius 3 is 2.82 bits per heavy atom. The molecule has 0 heterocycles. The molecule has 0 bridgehead atoms. The monoisotopic (exact) mass is 296 g/mol. The van der Waals surface area contributed by atoms with E-state index in [0.29, 0.717) is 12.6 Å². The molecule has 0 aliphatic heterocycles. The van der Waals surface area contributed by atoms with Crippen LogP contribution >= 0.6 is 15.9 Å². The normalized spacial score (nSPS) is 14.5. The summed E-state index contributed by atoms with van der Waals surface area (Å²) in [5.41, 5.74) is 2.15. The number of likely N-dealkylation sites (N-methyl/N-ethyl adjacent to an activating group) is 1. The summed E-state index contributed by atoms with van der Waals surface area (Å²) in [6.07, 6.45) is 2.30. The number of carbonyl (C=O) groups is 1. The Morgan fingerprint density at radius 1 is 1.53 bits per heavy atom. The molecule has 1 saturated carbocycles. The number of carbonyl (C=O) groups excluding carboxylic acids is 1. The van der Waals surface area contributed by atoms with Gasteiger partial charge in [-0.3, -0.25) is 4.79 Å². The van der Waals surface area contributed by atoms with Crippen molar-refractivity contribution in [2.24, 2.45) is 0 Å². The molecule has 1 N–H and O–H groups in total. The third-order valence-corrected chi connectivity index (χ3v) is 3.98. The standard InChI is InChI=1S/C13H17BrN2O/c1-9-7-10(3-6-12(9)14)15-8-13(17)16(2)11-4-5-11/h3,6-7,11,15H,4-5,8H2,1-2H3. The number of hydrogen-bond donors (Lipinski definition) is 1. The van der Waals surface area contributed by atoms with E-state index in [0.717, 1.165) is 28.6 Å². The van der Waals surface area contributed by atoms with Crippen LogP contribution in [0.25, 0.3) is 0 Å². The average molecular weight is 297 g/mol. The van der Waals surface area contributed by atoms with Gasteiger partial charge in [-0.2, -0.15) is 0 Å². The Bertz CT molecular complexity index is 429. The zero-order chi connectivity index (χ0) is 12.4. The second-order valence-corrected chi connectivity index (χ2v) is 5.41. The summed E-state index contributed by atoms with van der Waals surface area (Å²) < 4.78 is 1.09. The van der Waals surface area contributed by atoms with Crippen LogP contribution < -0.4 is 5.32 Å². The first kappa shape index (κ1) is 12.4. The van der Waals surface area contributed by atoms with E-state index in [1.165, 1.54) is 0 Å². The van der Waals surface area contributed by atoms with Crippen LogP contribution in [0, 0.1) is 6.92 Å². The van der Waals surface area contributed by atoms with Crippen molar-refractivity contribution >= 4 is 27.5 Å². The van der Waals surface area contributed by atoms with Crippen LogP contribution in [-0.4, -0.2) is 30.4 Å². The lowest BCUT2D eigenvalue weighted by Gasteiger charge is -2.17. The fourth-order valence-electron chi connectivity index (χ4n) is 1.72. The van der Waals surface area contributed by atoms with Gasteiger partial charge >= 0.3 is 0 Å². The van der Waals surface area contributed by atoms with Gasteiger partial charge in [0.25, 0.3) is 0 Å². The molecule has 92 valence electrons. The van der Waals surface area contributed by atoms with Gasteiger partial charge in [0.2, 0.25) is 5.91 Å². The van der Waals surface area contributed by atoms with Crippen molar-refractivity contribution in [3.63, 3.8) is 0 Å². The van der Waals surface area contributed by atoms with Crippen molar-refractivity contribution < 1.29 is 4.79 Å². The molecule has 0 unspecified atom stereocenters. The predicted molar refractivity (Wildman–Crippen MR) is 73.2 cm³/mol. The molecule has 2 rings (SSSR count). The summed E-state index contributed by atoms with van der Waals surface area (Å²) in [7, 11) is 1.88. The highest BCUT2D eigenvalue weighted by Crippen LogP contribution is 2.25. The summed E-state index contributed by atoms with van der Waals surface area (Å²) in [5, 5.41) is 3.16. The Kier molecular flexibility index (Phi) is 3.72. The second-order valence-electron chi connectivity index (χ2n) is 4.55. The molecule has 17 heavy (non-hydrogen) atoms. The van der Waals surface area contributed by atoms with Crippen molar-refractivity contribution in [3.8, 4) is 0 Å². The highest BCUT2D eigenvalue weighted by Gasteiger charge is 2.29. The maximum absolute atomic E-state index is 11.8. The molecule has 4 heteroatoms. The van der Waals surface area contributed by atoms with Crippen LogP contribution in [0.5, 0.6) is 0 Å². The summed E-state index contributed by atoms with van der Waals surface area (Å²) in [5.74, 6) is 0.160. The quantitative estimate of drug-likeness (QED) is 0.927. The number of nitrogens with one attached hydrogen (secondary N) is 1. The third kappa shape index (κ3) is 3.22. The average Bonchev–Trinajstić information content (AvgIpc) is 3.13. The summed E-state index contributed by atoms with van der Waals surface area (Å²) >= 11 is 3.46. The van der Waals surface area contributed by atoms with Crippen LogP contribution in [-0.2, 0) is 4.79 Å². The number of rotatable bonds is 4. The van der Waals surface area contributed by atoms with Crippen LogP contribution in [0.2, 0.25) is 0 Å². The fourth-order valence-corrected chi connectivity index (χ4v) is 1.97. The number of benzene rings is 1. The molecule has 0 saturated heterocycles. The Balaban J connectivity index is 1.88. The number of hydrogen-bond acceptors (Lipinski definition) is 2. The molecule has 1 fully saturated rings. The first-order valence-electron chi connectivity index (χ1n) is 5.83. The zero-order valence-electron chi connectivity index (χ0n) is 10.2. The molecule has 1 amide bonds. The second kappa shape index (κ2) is 5.08. The van der Waals surface area contributed by atoms with Gasteiger partial charge in [-0.15, -0.1) is 0 Å². The maximum atomic E-state index is 11.8. The minimum Gasteiger partial charge on any atom is -0.376 e. The van der Waals surface area contributed by atoms with Crippen LogP contribution in [0.15, 0.2) is 22.7 Å². The summed E-state index contributed by atoms with van der Waals surface area (Å²) in [6.45, 7) is 2.40. The van der Waals surface area contributed by atoms with Crippen LogP contribution in [0.1, 0.15) is 18.4 Å². The fraction of sp³-hybridized carbons (Fsp3) is 0.462. The predicted octanol–water partition coefficient (Wildman–Crippen LogP) is 2.79. The van der Waals surface area contributed by atoms with Gasteiger partial charge in [-0.25, -0.2) is 0 Å². The van der Waals surface area contributed by atoms with E-state index >= 15 is 0 Å². The van der Waals surface area contributed by atoms with E-state index in [2.05, 4.69) is 21.2 Å². The Hall–Kier alpha value is -1.03. The minimum absolute atomic E-state index is 0.160. The Labute approximate surface area is 110 Å². The van der Waals surface area contributed by atoms with E-state index in [9.17, 15) is 4.79 Å². The van der Waals surface area contributed by atoms with E-state index in [-0.39, 0.29) is 5.91 Å². The SMILES string of the molecule is Cc1cc(NCC(=O)N(C)C2CC2)ccc1Br. The zero-order valence-corrected chi connectivity index (χ0v) is 11.8. The third-order valence-electron chi connectivity index (χ3n) is 3.09. The van der Waals surface area contributed by atoms with Gasteiger partial charge in [-0.1, -0.05) is 15.9 Å². The van der Waals surface area contributed by atoms with Gasteiger partial charge in [0.15, 0.2) is 0 Å². The smallest absolute Gasteiger partial charge is 0.241 e. The van der Waals surface area contributed by atoms with Gasteiger partial charge in [0, 0.05) is 23.2 Å². The van der Waals surface area contributed by atoms with Gasteiger partial charge < -0.3 is 10.2 Å². The van der Waals surface area contributed by atoms with E-state index in [1.54, 1.807) is 0 Å². The number of anilines is 1. The molecule has 1 aromatic rings. The van der Waals surface area contributed by atoms with Gasteiger partial charge in [-0.05, 0) is 43.5 Å². The number of amides is 1. The summed E-state index contributed by atoms with van der Waals surface area (Å²) in [4.78, 5) is 13.6. The lowest BCUT2D eigenvalue weighted by Crippen LogP contribution is -2.33. The summed E-state index contributed by atoms with van der Waals surface area (Å²) in [6, 6.07) is 6.49. The first-order chi connectivity index (χ1) is 8.08. The number of aryl methyl sites for hydroxylation is 1. The maximum Gasteiger partial charge on any atom is 0.241 e. The first-order valence-corrected chi connectivity index (χ1v) is 6.63. The van der Waals surface area contributed by atoms with E-state index in [4.69, 9.17) is 0 Å². The molecule has 0 spiro atoms. The molecule has 0 aromatic heterocycles. The number of nitrogens with zero attached hydrogens (tertiary/aromatic N) is 1. The molecule has 1 aromatic carbocycles. The molecule has 0 atom stereocenters. The highest BCUT2D eigenvalue weighted by molar-refractivity contribution is 9.10. The van der Waals surface area contributed by atoms with Crippen molar-refractivity contribution in [1.82, 2.24) is 4.90 Å². The molecule has 1 aliphatic rings. The van der Waals surface area contributed by atoms with Crippen LogP contribution in [0.3, 0.4) is 0 Å². The highest BCUT2D eigenvalue weighted by atomic mass is 79.9. The lowest BCUT2D eigenvalue weighted by molar-refractivity contribution is -0.128. The molecule has 3 nitrogen and oxygen atoms in total. The van der Waals surface area contributed by atoms with Crippen molar-refractivity contribution in [2.75, 3.05) is 18.9 Å². The van der Waals surface area contributed by atoms with E-state index < -0.39 is 0 Å². The van der Waals surface area contributed by atoms with Crippen molar-refractivity contribution in [3.05, 3.63) is 28.2 Å². The molecular formula is C13H17BrN2O. The molecule has 1 aliphatic carbocycles.